The van der Waals surface area contributed by atoms with Gasteiger partial charge in [0, 0.05) is 14.8 Å². The summed E-state index contributed by atoms with van der Waals surface area (Å²) < 4.78 is 1.15. The summed E-state index contributed by atoms with van der Waals surface area (Å²) in [5.74, 6) is -0.0772. The predicted octanol–water partition coefficient (Wildman–Crippen LogP) is 4.84. The van der Waals surface area contributed by atoms with Gasteiger partial charge in [-0.3, -0.25) is 4.79 Å². The summed E-state index contributed by atoms with van der Waals surface area (Å²) in [6, 6.07) is 15.5. The lowest BCUT2D eigenvalue weighted by molar-refractivity contribution is 0.102. The van der Waals surface area contributed by atoms with Gasteiger partial charge in [0.1, 0.15) is 0 Å². The largest absolute Gasteiger partial charge is 0.322 e. The lowest BCUT2D eigenvalue weighted by Crippen LogP contribution is -2.14. The fraction of sp³-hybridized carbons (Fsp3) is 0.235. The Morgan fingerprint density at radius 3 is 2.00 bits per heavy atom. The molecule has 0 unspecified atom stereocenters. The van der Waals surface area contributed by atoms with E-state index in [0.29, 0.717) is 5.56 Å². The Balaban J connectivity index is 2.11. The Morgan fingerprint density at radius 2 is 1.50 bits per heavy atom. The summed E-state index contributed by atoms with van der Waals surface area (Å²) in [7, 11) is 0. The van der Waals surface area contributed by atoms with E-state index in [9.17, 15) is 4.79 Å². The summed E-state index contributed by atoms with van der Waals surface area (Å²) in [6.45, 7) is 6.48. The molecule has 0 fully saturated rings. The van der Waals surface area contributed by atoms with Crippen LogP contribution in [0.5, 0.6) is 0 Å². The Hall–Kier alpha value is -1.36. The number of carbonyl (C=O) groups is 1. The van der Waals surface area contributed by atoms with Crippen molar-refractivity contribution in [1.29, 1.82) is 0 Å². The number of hydrogen-bond donors (Lipinski definition) is 1. The van der Waals surface area contributed by atoms with Crippen molar-refractivity contribution in [2.75, 3.05) is 5.32 Å². The number of nitrogens with one attached hydrogen (secondary N) is 1. The zero-order chi connectivity index (χ0) is 14.8. The fourth-order valence-corrected chi connectivity index (χ4v) is 2.22. The maximum atomic E-state index is 12.1. The first kappa shape index (κ1) is 15.0. The van der Waals surface area contributed by atoms with Gasteiger partial charge in [-0.2, -0.15) is 0 Å². The summed E-state index contributed by atoms with van der Waals surface area (Å²) >= 11 is 2.24. The van der Waals surface area contributed by atoms with Crippen LogP contribution in [0.2, 0.25) is 0 Å². The van der Waals surface area contributed by atoms with Gasteiger partial charge in [0.15, 0.2) is 0 Å². The molecular weight excluding hydrogens is 361 g/mol. The number of hydrogen-bond acceptors (Lipinski definition) is 1. The van der Waals surface area contributed by atoms with Crippen molar-refractivity contribution in [3.05, 3.63) is 63.2 Å². The third-order valence-electron chi connectivity index (χ3n) is 3.12. The molecule has 0 spiro atoms. The van der Waals surface area contributed by atoms with Crippen LogP contribution in [-0.4, -0.2) is 5.91 Å². The molecule has 0 aliphatic rings. The summed E-state index contributed by atoms with van der Waals surface area (Å²) in [5.41, 5.74) is 2.82. The highest BCUT2D eigenvalue weighted by Crippen LogP contribution is 2.22. The van der Waals surface area contributed by atoms with E-state index in [1.807, 2.05) is 48.5 Å². The van der Waals surface area contributed by atoms with E-state index >= 15 is 0 Å². The molecule has 104 valence electrons. The zero-order valence-electron chi connectivity index (χ0n) is 11.9. The van der Waals surface area contributed by atoms with Gasteiger partial charge in [-0.1, -0.05) is 32.9 Å². The first-order valence-electron chi connectivity index (χ1n) is 6.54. The van der Waals surface area contributed by atoms with Crippen molar-refractivity contribution in [2.24, 2.45) is 0 Å². The third-order valence-corrected chi connectivity index (χ3v) is 3.83. The topological polar surface area (TPSA) is 29.1 Å². The minimum Gasteiger partial charge on any atom is -0.322 e. The molecule has 0 bridgehead atoms. The van der Waals surface area contributed by atoms with E-state index in [1.165, 1.54) is 5.56 Å². The minimum atomic E-state index is -0.0772. The molecule has 2 aromatic carbocycles. The molecule has 20 heavy (non-hydrogen) atoms. The zero-order valence-corrected chi connectivity index (χ0v) is 14.1. The molecule has 2 nitrogen and oxygen atoms in total. The second kappa shape index (κ2) is 5.95. The number of benzene rings is 2. The number of anilines is 1. The smallest absolute Gasteiger partial charge is 0.255 e. The van der Waals surface area contributed by atoms with Gasteiger partial charge >= 0.3 is 0 Å². The standard InChI is InChI=1S/C17H18INO/c1-17(2,3)13-6-4-12(5-7-13)16(20)19-15-10-8-14(18)9-11-15/h4-11H,1-3H3,(H,19,20). The minimum absolute atomic E-state index is 0.0772. The molecule has 2 aromatic rings. The second-order valence-electron chi connectivity index (χ2n) is 5.79. The molecule has 1 amide bonds. The molecule has 2 rings (SSSR count). The van der Waals surface area contributed by atoms with Crippen LogP contribution in [0, 0.1) is 3.57 Å². The highest BCUT2D eigenvalue weighted by molar-refractivity contribution is 14.1. The van der Waals surface area contributed by atoms with Crippen molar-refractivity contribution in [3.8, 4) is 0 Å². The van der Waals surface area contributed by atoms with E-state index in [1.54, 1.807) is 0 Å². The van der Waals surface area contributed by atoms with E-state index < -0.39 is 0 Å². The van der Waals surface area contributed by atoms with Gasteiger partial charge in [-0.05, 0) is 70.0 Å². The number of halogens is 1. The van der Waals surface area contributed by atoms with Crippen LogP contribution in [0.3, 0.4) is 0 Å². The lowest BCUT2D eigenvalue weighted by Gasteiger charge is -2.19. The van der Waals surface area contributed by atoms with Gasteiger partial charge in [0.05, 0.1) is 0 Å². The van der Waals surface area contributed by atoms with Crippen LogP contribution in [-0.2, 0) is 5.41 Å². The van der Waals surface area contributed by atoms with Crippen LogP contribution in [0.15, 0.2) is 48.5 Å². The predicted molar refractivity (Wildman–Crippen MR) is 92.3 cm³/mol. The van der Waals surface area contributed by atoms with Crippen LogP contribution in [0.1, 0.15) is 36.7 Å². The highest BCUT2D eigenvalue weighted by atomic mass is 127. The second-order valence-corrected chi connectivity index (χ2v) is 7.03. The first-order valence-corrected chi connectivity index (χ1v) is 7.61. The molecule has 0 saturated heterocycles. The molecule has 0 heterocycles. The molecule has 0 aromatic heterocycles. The Bertz CT molecular complexity index is 594. The molecular formula is C17H18INO. The van der Waals surface area contributed by atoms with E-state index in [2.05, 4.69) is 48.7 Å². The molecule has 0 radical (unpaired) electrons. The quantitative estimate of drug-likeness (QED) is 0.744. The van der Waals surface area contributed by atoms with Gasteiger partial charge in [0.2, 0.25) is 0 Å². The maximum absolute atomic E-state index is 12.1. The number of amides is 1. The monoisotopic (exact) mass is 379 g/mol. The van der Waals surface area contributed by atoms with Crippen molar-refractivity contribution < 1.29 is 4.79 Å². The molecule has 1 N–H and O–H groups in total. The lowest BCUT2D eigenvalue weighted by atomic mass is 9.87. The van der Waals surface area contributed by atoms with Gasteiger partial charge in [-0.15, -0.1) is 0 Å². The number of carbonyl (C=O) groups excluding carboxylic acids is 1. The Kier molecular flexibility index (Phi) is 4.48. The van der Waals surface area contributed by atoms with Gasteiger partial charge < -0.3 is 5.32 Å². The average Bonchev–Trinajstić information content (AvgIpc) is 2.40. The van der Waals surface area contributed by atoms with Crippen molar-refractivity contribution in [1.82, 2.24) is 0 Å². The van der Waals surface area contributed by atoms with E-state index in [0.717, 1.165) is 9.26 Å². The molecule has 0 aliphatic carbocycles. The normalized spacial score (nSPS) is 11.2. The Labute approximate surface area is 133 Å². The van der Waals surface area contributed by atoms with Gasteiger partial charge in [0.25, 0.3) is 5.91 Å². The molecule has 0 saturated carbocycles. The molecule has 3 heteroatoms. The third kappa shape index (κ3) is 3.82. The highest BCUT2D eigenvalue weighted by Gasteiger charge is 2.14. The summed E-state index contributed by atoms with van der Waals surface area (Å²) in [4.78, 5) is 12.1. The van der Waals surface area contributed by atoms with Crippen molar-refractivity contribution in [3.63, 3.8) is 0 Å². The first-order chi connectivity index (χ1) is 9.36. The van der Waals surface area contributed by atoms with Crippen molar-refractivity contribution in [2.45, 2.75) is 26.2 Å². The molecule has 0 atom stereocenters. The van der Waals surface area contributed by atoms with Crippen LogP contribution < -0.4 is 5.32 Å². The van der Waals surface area contributed by atoms with Crippen LogP contribution in [0.4, 0.5) is 5.69 Å². The van der Waals surface area contributed by atoms with Gasteiger partial charge in [-0.25, -0.2) is 0 Å². The molecule has 0 aliphatic heterocycles. The van der Waals surface area contributed by atoms with E-state index in [-0.39, 0.29) is 11.3 Å². The fourth-order valence-electron chi connectivity index (χ4n) is 1.86. The summed E-state index contributed by atoms with van der Waals surface area (Å²) in [6.07, 6.45) is 0. The SMILES string of the molecule is CC(C)(C)c1ccc(C(=O)Nc2ccc(I)cc2)cc1. The Morgan fingerprint density at radius 1 is 0.950 bits per heavy atom. The maximum Gasteiger partial charge on any atom is 0.255 e. The van der Waals surface area contributed by atoms with Crippen LogP contribution in [0.25, 0.3) is 0 Å². The summed E-state index contributed by atoms with van der Waals surface area (Å²) in [5, 5.41) is 2.90. The average molecular weight is 379 g/mol. The number of rotatable bonds is 2. The van der Waals surface area contributed by atoms with Crippen molar-refractivity contribution >= 4 is 34.2 Å². The van der Waals surface area contributed by atoms with E-state index in [4.69, 9.17) is 0 Å². The van der Waals surface area contributed by atoms with Crippen LogP contribution >= 0.6 is 22.6 Å².